The van der Waals surface area contributed by atoms with Gasteiger partial charge in [-0.25, -0.2) is 4.98 Å². The summed E-state index contributed by atoms with van der Waals surface area (Å²) >= 11 is 1.41. The molecule has 0 radical (unpaired) electrons. The van der Waals surface area contributed by atoms with Crippen molar-refractivity contribution >= 4 is 17.2 Å². The number of aromatic nitrogens is 1. The van der Waals surface area contributed by atoms with E-state index in [1.54, 1.807) is 10.9 Å². The minimum Gasteiger partial charge on any atom is -0.372 e. The molecule has 1 heterocycles. The summed E-state index contributed by atoms with van der Waals surface area (Å²) in [5, 5.41) is 4.58. The van der Waals surface area contributed by atoms with Crippen LogP contribution in [0.1, 0.15) is 29.1 Å². The van der Waals surface area contributed by atoms with Crippen LogP contribution in [0.4, 0.5) is 0 Å². The SMILES string of the molecule is CCO[C@@H](CNC(=O)c1cscn1)c1ccccc1. The largest absolute Gasteiger partial charge is 0.372 e. The third-order valence-electron chi connectivity index (χ3n) is 2.65. The summed E-state index contributed by atoms with van der Waals surface area (Å²) in [6.07, 6.45) is -0.131. The van der Waals surface area contributed by atoms with Gasteiger partial charge in [0.15, 0.2) is 0 Å². The molecule has 1 atom stereocenters. The lowest BCUT2D eigenvalue weighted by atomic mass is 10.1. The summed E-state index contributed by atoms with van der Waals surface area (Å²) in [6.45, 7) is 2.98. The lowest BCUT2D eigenvalue weighted by molar-refractivity contribution is 0.0585. The number of hydrogen-bond acceptors (Lipinski definition) is 4. The van der Waals surface area contributed by atoms with Gasteiger partial charge in [0, 0.05) is 18.5 Å². The van der Waals surface area contributed by atoms with Crippen molar-refractivity contribution in [3.8, 4) is 0 Å². The summed E-state index contributed by atoms with van der Waals surface area (Å²) in [4.78, 5) is 15.8. The predicted octanol–water partition coefficient (Wildman–Crippen LogP) is 2.65. The first-order valence-corrected chi connectivity index (χ1v) is 7.08. The fourth-order valence-electron chi connectivity index (χ4n) is 1.74. The van der Waals surface area contributed by atoms with Crippen LogP contribution in [0, 0.1) is 0 Å². The van der Waals surface area contributed by atoms with E-state index in [1.807, 2.05) is 37.3 Å². The molecule has 0 saturated heterocycles. The zero-order chi connectivity index (χ0) is 13.5. The van der Waals surface area contributed by atoms with Crippen LogP contribution in [0.25, 0.3) is 0 Å². The first-order valence-electron chi connectivity index (χ1n) is 6.14. The highest BCUT2D eigenvalue weighted by molar-refractivity contribution is 7.07. The monoisotopic (exact) mass is 276 g/mol. The Labute approximate surface area is 116 Å². The molecule has 1 N–H and O–H groups in total. The van der Waals surface area contributed by atoms with Gasteiger partial charge >= 0.3 is 0 Å². The van der Waals surface area contributed by atoms with Gasteiger partial charge < -0.3 is 10.1 Å². The third-order valence-corrected chi connectivity index (χ3v) is 3.24. The molecule has 100 valence electrons. The van der Waals surface area contributed by atoms with Crippen molar-refractivity contribution in [3.05, 3.63) is 52.5 Å². The maximum atomic E-state index is 11.8. The van der Waals surface area contributed by atoms with Gasteiger partial charge in [-0.3, -0.25) is 4.79 Å². The van der Waals surface area contributed by atoms with Crippen molar-refractivity contribution in [1.29, 1.82) is 0 Å². The molecule has 0 unspecified atom stereocenters. The molecule has 19 heavy (non-hydrogen) atoms. The topological polar surface area (TPSA) is 51.2 Å². The smallest absolute Gasteiger partial charge is 0.270 e. The summed E-state index contributed by atoms with van der Waals surface area (Å²) < 4.78 is 5.66. The van der Waals surface area contributed by atoms with E-state index in [2.05, 4.69) is 10.3 Å². The van der Waals surface area contributed by atoms with Crippen LogP contribution in [0.2, 0.25) is 0 Å². The summed E-state index contributed by atoms with van der Waals surface area (Å²) in [5.41, 5.74) is 3.16. The number of amides is 1. The van der Waals surface area contributed by atoms with Gasteiger partial charge in [-0.1, -0.05) is 30.3 Å². The maximum Gasteiger partial charge on any atom is 0.270 e. The fourth-order valence-corrected chi connectivity index (χ4v) is 2.27. The molecule has 1 aromatic heterocycles. The van der Waals surface area contributed by atoms with Gasteiger partial charge in [-0.05, 0) is 12.5 Å². The first kappa shape index (κ1) is 13.7. The molecule has 1 amide bonds. The molecule has 0 spiro atoms. The van der Waals surface area contributed by atoms with Crippen molar-refractivity contribution in [3.63, 3.8) is 0 Å². The van der Waals surface area contributed by atoms with Crippen LogP contribution in [-0.2, 0) is 4.74 Å². The van der Waals surface area contributed by atoms with Crippen LogP contribution in [0.5, 0.6) is 0 Å². The molecular formula is C14H16N2O2S. The third kappa shape index (κ3) is 3.87. The molecule has 0 fully saturated rings. The van der Waals surface area contributed by atoms with Crippen molar-refractivity contribution in [2.75, 3.05) is 13.2 Å². The minimum absolute atomic E-state index is 0.131. The second-order valence-corrected chi connectivity index (χ2v) is 4.66. The summed E-state index contributed by atoms with van der Waals surface area (Å²) in [5.74, 6) is -0.165. The molecule has 0 aliphatic rings. The van der Waals surface area contributed by atoms with Crippen molar-refractivity contribution in [2.45, 2.75) is 13.0 Å². The van der Waals surface area contributed by atoms with Crippen molar-refractivity contribution < 1.29 is 9.53 Å². The van der Waals surface area contributed by atoms with Crippen LogP contribution in [-0.4, -0.2) is 24.0 Å². The highest BCUT2D eigenvalue weighted by Gasteiger charge is 2.14. The number of rotatable bonds is 6. The van der Waals surface area contributed by atoms with Gasteiger partial charge in [0.05, 0.1) is 11.6 Å². The number of benzene rings is 1. The van der Waals surface area contributed by atoms with E-state index < -0.39 is 0 Å². The van der Waals surface area contributed by atoms with Gasteiger partial charge in [0.25, 0.3) is 5.91 Å². The predicted molar refractivity (Wildman–Crippen MR) is 75.3 cm³/mol. The number of hydrogen-bond donors (Lipinski definition) is 1. The van der Waals surface area contributed by atoms with Gasteiger partial charge in [0.1, 0.15) is 5.69 Å². The Bertz CT molecular complexity index is 499. The van der Waals surface area contributed by atoms with Crippen molar-refractivity contribution in [1.82, 2.24) is 10.3 Å². The normalized spacial score (nSPS) is 12.1. The highest BCUT2D eigenvalue weighted by atomic mass is 32.1. The quantitative estimate of drug-likeness (QED) is 0.882. The van der Waals surface area contributed by atoms with E-state index in [1.165, 1.54) is 11.3 Å². The first-order chi connectivity index (χ1) is 9.31. The number of thiazole rings is 1. The van der Waals surface area contributed by atoms with E-state index in [0.29, 0.717) is 18.8 Å². The van der Waals surface area contributed by atoms with E-state index in [-0.39, 0.29) is 12.0 Å². The van der Waals surface area contributed by atoms with E-state index in [4.69, 9.17) is 4.74 Å². The average Bonchev–Trinajstić information content (AvgIpc) is 2.98. The van der Waals surface area contributed by atoms with E-state index in [0.717, 1.165) is 5.56 Å². The molecule has 4 nitrogen and oxygen atoms in total. The molecule has 5 heteroatoms. The zero-order valence-electron chi connectivity index (χ0n) is 10.7. The summed E-state index contributed by atoms with van der Waals surface area (Å²) in [6, 6.07) is 9.87. The molecule has 0 aliphatic heterocycles. The lowest BCUT2D eigenvalue weighted by Gasteiger charge is -2.17. The standard InChI is InChI=1S/C14H16N2O2S/c1-2-18-13(11-6-4-3-5-7-11)8-15-14(17)12-9-19-10-16-12/h3-7,9-10,13H,2,8H2,1H3,(H,15,17)/t13-/m0/s1. The average molecular weight is 276 g/mol. The Morgan fingerprint density at radius 1 is 1.42 bits per heavy atom. The molecule has 1 aromatic carbocycles. The van der Waals surface area contributed by atoms with E-state index >= 15 is 0 Å². The number of carbonyl (C=O) groups excluding carboxylic acids is 1. The Balaban J connectivity index is 1.96. The highest BCUT2D eigenvalue weighted by Crippen LogP contribution is 2.16. The lowest BCUT2D eigenvalue weighted by Crippen LogP contribution is -2.29. The van der Waals surface area contributed by atoms with Gasteiger partial charge in [-0.15, -0.1) is 11.3 Å². The Morgan fingerprint density at radius 3 is 2.84 bits per heavy atom. The Morgan fingerprint density at radius 2 is 2.21 bits per heavy atom. The zero-order valence-corrected chi connectivity index (χ0v) is 11.5. The Hall–Kier alpha value is -1.72. The van der Waals surface area contributed by atoms with Crippen LogP contribution in [0.15, 0.2) is 41.2 Å². The number of carbonyl (C=O) groups is 1. The van der Waals surface area contributed by atoms with Crippen molar-refractivity contribution in [2.24, 2.45) is 0 Å². The van der Waals surface area contributed by atoms with Crippen LogP contribution in [0.3, 0.4) is 0 Å². The maximum absolute atomic E-state index is 11.8. The van der Waals surface area contributed by atoms with E-state index in [9.17, 15) is 4.79 Å². The van der Waals surface area contributed by atoms with Gasteiger partial charge in [0.2, 0.25) is 0 Å². The second-order valence-electron chi connectivity index (χ2n) is 3.94. The molecule has 2 aromatic rings. The van der Waals surface area contributed by atoms with Crippen LogP contribution >= 0.6 is 11.3 Å². The number of ether oxygens (including phenoxy) is 1. The minimum atomic E-state index is -0.165. The fraction of sp³-hybridized carbons (Fsp3) is 0.286. The number of nitrogens with one attached hydrogen (secondary N) is 1. The molecule has 0 aliphatic carbocycles. The van der Waals surface area contributed by atoms with Gasteiger partial charge in [-0.2, -0.15) is 0 Å². The Kier molecular flexibility index (Phi) is 5.06. The number of nitrogens with zero attached hydrogens (tertiary/aromatic N) is 1. The molecular weight excluding hydrogens is 260 g/mol. The molecule has 2 rings (SSSR count). The molecule has 0 saturated carbocycles. The second kappa shape index (κ2) is 7.01. The van der Waals surface area contributed by atoms with Crippen LogP contribution < -0.4 is 5.32 Å². The summed E-state index contributed by atoms with van der Waals surface area (Å²) in [7, 11) is 0. The molecule has 0 bridgehead atoms.